The highest BCUT2D eigenvalue weighted by atomic mass is 16.4. The minimum atomic E-state index is -0.726. The van der Waals surface area contributed by atoms with Crippen LogP contribution in [0.1, 0.15) is 64.7 Å². The number of carboxylic acid groups (broad SMARTS) is 2. The first-order chi connectivity index (χ1) is 8.54. The van der Waals surface area contributed by atoms with Crippen molar-refractivity contribution < 1.29 is 24.9 Å². The van der Waals surface area contributed by atoms with Crippen molar-refractivity contribution in [1.29, 1.82) is 0 Å². The Morgan fingerprint density at radius 1 is 0.722 bits per heavy atom. The summed E-state index contributed by atoms with van der Waals surface area (Å²) in [5, 5.41) is 24.3. The molecule has 0 radical (unpaired) electrons. The Labute approximate surface area is 109 Å². The lowest BCUT2D eigenvalue weighted by atomic mass is 10.1. The van der Waals surface area contributed by atoms with Gasteiger partial charge in [-0.1, -0.05) is 32.1 Å². The van der Waals surface area contributed by atoms with Gasteiger partial charge in [-0.05, 0) is 19.8 Å². The van der Waals surface area contributed by atoms with E-state index in [2.05, 4.69) is 0 Å². The maximum absolute atomic E-state index is 10.2. The zero-order chi connectivity index (χ0) is 14.2. The second-order valence-corrected chi connectivity index (χ2v) is 4.08. The number of rotatable bonds is 10. The zero-order valence-electron chi connectivity index (χ0n) is 11.2. The summed E-state index contributed by atoms with van der Waals surface area (Å²) < 4.78 is 0. The summed E-state index contributed by atoms with van der Waals surface area (Å²) in [6, 6.07) is 0. The van der Waals surface area contributed by atoms with Crippen molar-refractivity contribution in [3.63, 3.8) is 0 Å². The molecule has 18 heavy (non-hydrogen) atoms. The molecule has 0 amide bonds. The number of aliphatic hydroxyl groups is 1. The molecular formula is C13H26O5. The summed E-state index contributed by atoms with van der Waals surface area (Å²) >= 11 is 0. The fourth-order valence-corrected chi connectivity index (χ4v) is 1.44. The highest BCUT2D eigenvalue weighted by Crippen LogP contribution is 2.09. The van der Waals surface area contributed by atoms with Gasteiger partial charge in [0.05, 0.1) is 0 Å². The minimum absolute atomic E-state index is 0.250. The van der Waals surface area contributed by atoms with Crippen molar-refractivity contribution in [1.82, 2.24) is 0 Å². The Morgan fingerprint density at radius 2 is 0.944 bits per heavy atom. The first kappa shape index (κ1) is 19.2. The lowest BCUT2D eigenvalue weighted by Gasteiger charge is -1.99. The molecule has 0 spiro atoms. The summed E-state index contributed by atoms with van der Waals surface area (Å²) in [7, 11) is 0. The van der Waals surface area contributed by atoms with Crippen molar-refractivity contribution in [3.05, 3.63) is 0 Å². The smallest absolute Gasteiger partial charge is 0.303 e. The van der Waals surface area contributed by atoms with E-state index in [-0.39, 0.29) is 19.4 Å². The summed E-state index contributed by atoms with van der Waals surface area (Å²) in [5.74, 6) is -1.45. The standard InChI is InChI=1S/C11H20O4.C2H6O/c12-10(13)8-6-4-2-1-3-5-7-9-11(14)15;1-2-3/h1-9H2,(H,12,13)(H,14,15);3H,2H2,1H3. The Kier molecular flexibility index (Phi) is 17.0. The van der Waals surface area contributed by atoms with Crippen LogP contribution in [-0.2, 0) is 9.59 Å². The van der Waals surface area contributed by atoms with Crippen molar-refractivity contribution in [2.45, 2.75) is 64.7 Å². The van der Waals surface area contributed by atoms with Crippen molar-refractivity contribution in [2.75, 3.05) is 6.61 Å². The number of aliphatic hydroxyl groups excluding tert-OH is 1. The van der Waals surface area contributed by atoms with E-state index in [1.54, 1.807) is 6.92 Å². The molecule has 5 heteroatoms. The lowest BCUT2D eigenvalue weighted by Crippen LogP contribution is -1.94. The molecule has 0 aromatic heterocycles. The molecule has 0 heterocycles. The summed E-state index contributed by atoms with van der Waals surface area (Å²) in [4.78, 5) is 20.4. The largest absolute Gasteiger partial charge is 0.481 e. The maximum Gasteiger partial charge on any atom is 0.303 e. The van der Waals surface area contributed by atoms with Gasteiger partial charge in [-0.25, -0.2) is 0 Å². The Hall–Kier alpha value is -1.10. The summed E-state index contributed by atoms with van der Waals surface area (Å²) in [5.41, 5.74) is 0. The van der Waals surface area contributed by atoms with Gasteiger partial charge < -0.3 is 15.3 Å². The van der Waals surface area contributed by atoms with E-state index in [0.29, 0.717) is 0 Å². The van der Waals surface area contributed by atoms with Crippen LogP contribution in [0.25, 0.3) is 0 Å². The van der Waals surface area contributed by atoms with E-state index >= 15 is 0 Å². The van der Waals surface area contributed by atoms with Crippen LogP contribution in [0, 0.1) is 0 Å². The summed E-state index contributed by atoms with van der Waals surface area (Å²) in [6.45, 7) is 1.93. The molecule has 0 aliphatic carbocycles. The van der Waals surface area contributed by atoms with Crippen molar-refractivity contribution in [2.24, 2.45) is 0 Å². The molecule has 108 valence electrons. The van der Waals surface area contributed by atoms with Crippen LogP contribution < -0.4 is 0 Å². The molecule has 0 aliphatic heterocycles. The highest BCUT2D eigenvalue weighted by Gasteiger charge is 1.98. The van der Waals surface area contributed by atoms with Crippen LogP contribution in [-0.4, -0.2) is 33.9 Å². The monoisotopic (exact) mass is 262 g/mol. The van der Waals surface area contributed by atoms with Gasteiger partial charge in [-0.2, -0.15) is 0 Å². The highest BCUT2D eigenvalue weighted by molar-refractivity contribution is 5.66. The van der Waals surface area contributed by atoms with Crippen LogP contribution in [0.2, 0.25) is 0 Å². The van der Waals surface area contributed by atoms with Gasteiger partial charge in [-0.3, -0.25) is 9.59 Å². The normalized spacial score (nSPS) is 9.44. The topological polar surface area (TPSA) is 94.8 Å². The van der Waals surface area contributed by atoms with Gasteiger partial charge in [0.2, 0.25) is 0 Å². The van der Waals surface area contributed by atoms with Crippen molar-refractivity contribution in [3.8, 4) is 0 Å². The van der Waals surface area contributed by atoms with Gasteiger partial charge in [0.25, 0.3) is 0 Å². The van der Waals surface area contributed by atoms with Crippen LogP contribution in [0.15, 0.2) is 0 Å². The third kappa shape index (κ3) is 24.2. The van der Waals surface area contributed by atoms with Gasteiger partial charge in [0.15, 0.2) is 0 Å². The van der Waals surface area contributed by atoms with E-state index in [1.807, 2.05) is 0 Å². The predicted molar refractivity (Wildman–Crippen MR) is 69.6 cm³/mol. The first-order valence-electron chi connectivity index (χ1n) is 6.59. The minimum Gasteiger partial charge on any atom is -0.481 e. The molecule has 5 nitrogen and oxygen atoms in total. The molecule has 0 aliphatic rings. The van der Waals surface area contributed by atoms with Crippen LogP contribution in [0.3, 0.4) is 0 Å². The lowest BCUT2D eigenvalue weighted by molar-refractivity contribution is -0.138. The fraction of sp³-hybridized carbons (Fsp3) is 0.846. The van der Waals surface area contributed by atoms with Gasteiger partial charge >= 0.3 is 11.9 Å². The number of carbonyl (C=O) groups is 2. The zero-order valence-corrected chi connectivity index (χ0v) is 11.2. The molecule has 0 aromatic rings. The average molecular weight is 262 g/mol. The summed E-state index contributed by atoms with van der Waals surface area (Å²) in [6.07, 6.45) is 7.16. The Morgan fingerprint density at radius 3 is 1.17 bits per heavy atom. The van der Waals surface area contributed by atoms with E-state index < -0.39 is 11.9 Å². The molecule has 3 N–H and O–H groups in total. The molecule has 0 atom stereocenters. The third-order valence-corrected chi connectivity index (χ3v) is 2.28. The molecule has 0 rings (SSSR count). The number of unbranched alkanes of at least 4 members (excludes halogenated alkanes) is 6. The molecule has 0 bridgehead atoms. The second kappa shape index (κ2) is 15.9. The number of carboxylic acids is 2. The van der Waals surface area contributed by atoms with Crippen molar-refractivity contribution >= 4 is 11.9 Å². The van der Waals surface area contributed by atoms with Crippen LogP contribution in [0.4, 0.5) is 0 Å². The average Bonchev–Trinajstić information content (AvgIpc) is 2.27. The molecular weight excluding hydrogens is 236 g/mol. The quantitative estimate of drug-likeness (QED) is 0.526. The van der Waals surface area contributed by atoms with Gasteiger partial charge in [-0.15, -0.1) is 0 Å². The van der Waals surface area contributed by atoms with E-state index in [0.717, 1.165) is 44.9 Å². The molecule has 0 aromatic carbocycles. The predicted octanol–water partition coefficient (Wildman–Crippen LogP) is 2.67. The van der Waals surface area contributed by atoms with Crippen LogP contribution in [0.5, 0.6) is 0 Å². The van der Waals surface area contributed by atoms with E-state index in [9.17, 15) is 9.59 Å². The third-order valence-electron chi connectivity index (χ3n) is 2.28. The molecule has 0 saturated heterocycles. The second-order valence-electron chi connectivity index (χ2n) is 4.08. The maximum atomic E-state index is 10.2. The van der Waals surface area contributed by atoms with Gasteiger partial charge in [0, 0.05) is 19.4 Å². The number of hydrogen-bond acceptors (Lipinski definition) is 3. The number of aliphatic carboxylic acids is 2. The SMILES string of the molecule is CCO.O=C(O)CCCCCCCCCC(=O)O. The first-order valence-corrected chi connectivity index (χ1v) is 6.59. The molecule has 0 saturated carbocycles. The fourth-order valence-electron chi connectivity index (χ4n) is 1.44. The Balaban J connectivity index is 0. The number of hydrogen-bond donors (Lipinski definition) is 3. The van der Waals surface area contributed by atoms with Crippen LogP contribution >= 0.6 is 0 Å². The molecule has 0 unspecified atom stereocenters. The van der Waals surface area contributed by atoms with E-state index in [4.69, 9.17) is 15.3 Å². The Bertz CT molecular complexity index is 184. The van der Waals surface area contributed by atoms with Gasteiger partial charge in [0.1, 0.15) is 0 Å². The molecule has 0 fully saturated rings. The van der Waals surface area contributed by atoms with E-state index in [1.165, 1.54) is 0 Å².